The Bertz CT molecular complexity index is 314. The van der Waals surface area contributed by atoms with E-state index in [0.717, 1.165) is 0 Å². The summed E-state index contributed by atoms with van der Waals surface area (Å²) < 4.78 is 4.91. The number of aromatic nitrogens is 2. The van der Waals surface area contributed by atoms with Gasteiger partial charge < -0.3 is 10.5 Å². The van der Waals surface area contributed by atoms with Crippen LogP contribution in [0.15, 0.2) is 12.3 Å². The van der Waals surface area contributed by atoms with Crippen molar-refractivity contribution in [3.05, 3.63) is 18.0 Å². The second-order valence-electron chi connectivity index (χ2n) is 2.27. The summed E-state index contributed by atoms with van der Waals surface area (Å²) in [6.07, 6.45) is 5.25. The molecule has 4 nitrogen and oxygen atoms in total. The minimum Gasteiger partial charge on any atom is -0.478 e. The van der Waals surface area contributed by atoms with E-state index in [-0.39, 0.29) is 0 Å². The molecule has 0 fully saturated rings. The van der Waals surface area contributed by atoms with E-state index < -0.39 is 0 Å². The highest BCUT2D eigenvalue weighted by atomic mass is 32.1. The van der Waals surface area contributed by atoms with Crippen LogP contribution in [0.25, 0.3) is 6.08 Å². The Morgan fingerprint density at radius 3 is 3.08 bits per heavy atom. The molecule has 0 amide bonds. The predicted molar refractivity (Wildman–Crippen MR) is 55.9 cm³/mol. The zero-order chi connectivity index (χ0) is 9.68. The number of nitrogens with zero attached hydrogens (tertiary/aromatic N) is 2. The molecule has 0 atom stereocenters. The molecule has 0 aromatic carbocycles. The lowest BCUT2D eigenvalue weighted by atomic mass is 10.4. The highest BCUT2D eigenvalue weighted by Gasteiger charge is 2.01. The van der Waals surface area contributed by atoms with Crippen molar-refractivity contribution in [2.24, 2.45) is 0 Å². The second-order valence-corrected chi connectivity index (χ2v) is 2.64. The van der Waals surface area contributed by atoms with E-state index in [9.17, 15) is 0 Å². The van der Waals surface area contributed by atoms with E-state index >= 15 is 0 Å². The summed E-state index contributed by atoms with van der Waals surface area (Å²) in [5, 5.41) is 0. The number of nitrogen functional groups attached to an aromatic ring is 1. The zero-order valence-corrected chi connectivity index (χ0v) is 8.16. The summed E-state index contributed by atoms with van der Waals surface area (Å²) in [6, 6.07) is 0. The fraction of sp³-hybridized carbons (Fsp3) is 0.250. The number of hydrogen-bond acceptors (Lipinski definition) is 5. The van der Waals surface area contributed by atoms with Crippen molar-refractivity contribution < 1.29 is 4.74 Å². The molecule has 2 N–H and O–H groups in total. The fourth-order valence-corrected chi connectivity index (χ4v) is 0.904. The van der Waals surface area contributed by atoms with E-state index in [0.29, 0.717) is 23.1 Å². The summed E-state index contributed by atoms with van der Waals surface area (Å²) in [5.74, 6) is 1.31. The molecule has 0 aliphatic rings. The van der Waals surface area contributed by atoms with Gasteiger partial charge in [0.05, 0.1) is 19.0 Å². The number of nitrogens with two attached hydrogens (primary N) is 1. The van der Waals surface area contributed by atoms with Crippen LogP contribution in [0.5, 0.6) is 5.88 Å². The molecule has 0 unspecified atom stereocenters. The van der Waals surface area contributed by atoms with Crippen molar-refractivity contribution in [2.75, 3.05) is 18.6 Å². The summed E-state index contributed by atoms with van der Waals surface area (Å²) in [7, 11) is 1.51. The van der Waals surface area contributed by atoms with Crippen molar-refractivity contribution in [3.63, 3.8) is 0 Å². The van der Waals surface area contributed by atoms with Gasteiger partial charge in [-0.15, -0.1) is 0 Å². The van der Waals surface area contributed by atoms with Crippen LogP contribution in [0.4, 0.5) is 5.82 Å². The molecule has 0 bridgehead atoms. The third-order valence-corrected chi connectivity index (χ3v) is 1.58. The Morgan fingerprint density at radius 1 is 1.69 bits per heavy atom. The Balaban J connectivity index is 2.92. The second kappa shape index (κ2) is 4.71. The lowest BCUT2D eigenvalue weighted by molar-refractivity contribution is 0.398. The first-order valence-corrected chi connectivity index (χ1v) is 4.35. The van der Waals surface area contributed by atoms with E-state index in [4.69, 9.17) is 10.5 Å². The van der Waals surface area contributed by atoms with Gasteiger partial charge in [-0.05, 0) is 6.08 Å². The third kappa shape index (κ3) is 2.62. The molecule has 1 aromatic rings. The van der Waals surface area contributed by atoms with Gasteiger partial charge in [-0.1, -0.05) is 6.08 Å². The first-order valence-electron chi connectivity index (χ1n) is 3.72. The van der Waals surface area contributed by atoms with Crippen molar-refractivity contribution in [2.45, 2.75) is 0 Å². The van der Waals surface area contributed by atoms with E-state index in [2.05, 4.69) is 22.6 Å². The molecule has 1 rings (SSSR count). The van der Waals surface area contributed by atoms with Gasteiger partial charge in [0.25, 0.3) is 5.88 Å². The Morgan fingerprint density at radius 2 is 2.46 bits per heavy atom. The lowest BCUT2D eigenvalue weighted by Gasteiger charge is -2.01. The molecule has 13 heavy (non-hydrogen) atoms. The summed E-state index contributed by atoms with van der Waals surface area (Å²) in [5.41, 5.74) is 6.20. The van der Waals surface area contributed by atoms with E-state index in [1.165, 1.54) is 7.11 Å². The summed E-state index contributed by atoms with van der Waals surface area (Å²) in [4.78, 5) is 8.01. The molecule has 0 aliphatic heterocycles. The van der Waals surface area contributed by atoms with Crippen molar-refractivity contribution >= 4 is 24.5 Å². The SMILES string of the molecule is COc1nc(C=CCS)cnc1N. The minimum atomic E-state index is 0.297. The van der Waals surface area contributed by atoms with E-state index in [1.54, 1.807) is 6.20 Å². The normalized spacial score (nSPS) is 10.6. The van der Waals surface area contributed by atoms with Gasteiger partial charge in [0.15, 0.2) is 5.82 Å². The highest BCUT2D eigenvalue weighted by molar-refractivity contribution is 7.80. The van der Waals surface area contributed by atoms with Crippen LogP contribution in [0, 0.1) is 0 Å². The van der Waals surface area contributed by atoms with Crippen LogP contribution in [0.2, 0.25) is 0 Å². The molecule has 1 aromatic heterocycles. The first kappa shape index (κ1) is 9.85. The van der Waals surface area contributed by atoms with Crippen molar-refractivity contribution in [1.29, 1.82) is 0 Å². The molecule has 0 radical (unpaired) electrons. The highest BCUT2D eigenvalue weighted by Crippen LogP contribution is 2.14. The van der Waals surface area contributed by atoms with Crippen LogP contribution in [0.3, 0.4) is 0 Å². The van der Waals surface area contributed by atoms with Crippen molar-refractivity contribution in [1.82, 2.24) is 9.97 Å². The van der Waals surface area contributed by atoms with Gasteiger partial charge in [-0.2, -0.15) is 12.6 Å². The maximum atomic E-state index is 5.49. The maximum absolute atomic E-state index is 5.49. The molecule has 0 aliphatic carbocycles. The van der Waals surface area contributed by atoms with Crippen LogP contribution in [-0.4, -0.2) is 22.8 Å². The molecule has 0 saturated carbocycles. The number of ether oxygens (including phenoxy) is 1. The van der Waals surface area contributed by atoms with Crippen molar-refractivity contribution in [3.8, 4) is 5.88 Å². The Hall–Kier alpha value is -1.23. The van der Waals surface area contributed by atoms with Crippen LogP contribution >= 0.6 is 12.6 Å². The molecule has 70 valence electrons. The van der Waals surface area contributed by atoms with Crippen LogP contribution in [0.1, 0.15) is 5.69 Å². The van der Waals surface area contributed by atoms with Gasteiger partial charge in [0, 0.05) is 5.75 Å². The van der Waals surface area contributed by atoms with Gasteiger partial charge in [0.2, 0.25) is 0 Å². The van der Waals surface area contributed by atoms with Gasteiger partial charge >= 0.3 is 0 Å². The van der Waals surface area contributed by atoms with Gasteiger partial charge in [0.1, 0.15) is 0 Å². The molecular formula is C8H11N3OS. The largest absolute Gasteiger partial charge is 0.478 e. The Labute approximate surface area is 82.2 Å². The molecule has 0 saturated heterocycles. The topological polar surface area (TPSA) is 61.0 Å². The quantitative estimate of drug-likeness (QED) is 0.710. The summed E-state index contributed by atoms with van der Waals surface area (Å²) in [6.45, 7) is 0. The monoisotopic (exact) mass is 197 g/mol. The average Bonchev–Trinajstić information content (AvgIpc) is 2.16. The first-order chi connectivity index (χ1) is 6.27. The number of anilines is 1. The predicted octanol–water partition coefficient (Wildman–Crippen LogP) is 1.01. The fourth-order valence-electron chi connectivity index (χ4n) is 0.798. The molecule has 1 heterocycles. The number of rotatable bonds is 3. The number of hydrogen-bond donors (Lipinski definition) is 2. The molecule has 0 spiro atoms. The smallest absolute Gasteiger partial charge is 0.257 e. The third-order valence-electron chi connectivity index (χ3n) is 1.37. The van der Waals surface area contributed by atoms with Crippen LogP contribution in [-0.2, 0) is 0 Å². The lowest BCUT2D eigenvalue weighted by Crippen LogP contribution is -1.99. The molecule has 5 heteroatoms. The number of methoxy groups -OCH3 is 1. The Kier molecular flexibility index (Phi) is 3.57. The minimum absolute atomic E-state index is 0.297. The van der Waals surface area contributed by atoms with Gasteiger partial charge in [-0.25, -0.2) is 9.97 Å². The standard InChI is InChI=1S/C8H11N3OS/c1-12-8-7(9)10-5-6(11-8)3-2-4-13/h2-3,5,13H,4H2,1H3,(H2,9,10). The average molecular weight is 197 g/mol. The number of thiol groups is 1. The van der Waals surface area contributed by atoms with E-state index in [1.807, 2.05) is 12.2 Å². The van der Waals surface area contributed by atoms with Crippen LogP contribution < -0.4 is 10.5 Å². The maximum Gasteiger partial charge on any atom is 0.257 e. The molecular weight excluding hydrogens is 186 g/mol. The zero-order valence-electron chi connectivity index (χ0n) is 7.27. The van der Waals surface area contributed by atoms with Gasteiger partial charge in [-0.3, -0.25) is 0 Å². The summed E-state index contributed by atoms with van der Waals surface area (Å²) >= 11 is 4.03.